The molecule has 0 atom stereocenters. The molecule has 0 aliphatic carbocycles. The van der Waals surface area contributed by atoms with Crippen molar-refractivity contribution < 1.29 is 19.1 Å². The molecule has 0 heterocycles. The Balaban J connectivity index is 2.04. The molecule has 0 saturated carbocycles. The summed E-state index contributed by atoms with van der Waals surface area (Å²) in [5.74, 6) is -0.880. The molecule has 0 fully saturated rings. The van der Waals surface area contributed by atoms with Crippen molar-refractivity contribution in [1.29, 1.82) is 0 Å². The largest absolute Gasteiger partial charge is 0.493 e. The van der Waals surface area contributed by atoms with Crippen molar-refractivity contribution in [2.75, 3.05) is 13.7 Å². The molecule has 2 aromatic rings. The first-order valence-electron chi connectivity index (χ1n) is 8.31. The maximum atomic E-state index is 11.6. The summed E-state index contributed by atoms with van der Waals surface area (Å²) in [5.41, 5.74) is 3.67. The molecule has 0 spiro atoms. The zero-order valence-electron chi connectivity index (χ0n) is 15.3. The van der Waals surface area contributed by atoms with Gasteiger partial charge in [-0.05, 0) is 23.3 Å². The Hall–Kier alpha value is -3.32. The number of benzene rings is 2. The Morgan fingerprint density at radius 1 is 1.21 bits per heavy atom. The Morgan fingerprint density at radius 3 is 2.64 bits per heavy atom. The van der Waals surface area contributed by atoms with Crippen molar-refractivity contribution >= 4 is 29.6 Å². The number of halogens is 1. The predicted molar refractivity (Wildman–Crippen MR) is 108 cm³/mol. The Labute approximate surface area is 168 Å². The third-order valence-corrected chi connectivity index (χ3v) is 3.75. The average Bonchev–Trinajstić information content (AvgIpc) is 2.71. The highest BCUT2D eigenvalue weighted by molar-refractivity contribution is 6.35. The average molecular weight is 402 g/mol. The number of hydrogen-bond donors (Lipinski definition) is 2. The lowest BCUT2D eigenvalue weighted by atomic mass is 10.2. The van der Waals surface area contributed by atoms with E-state index >= 15 is 0 Å². The number of rotatable bonds is 8. The third-order valence-electron chi connectivity index (χ3n) is 3.47. The second-order valence-electron chi connectivity index (χ2n) is 5.51. The molecule has 0 radical (unpaired) electrons. The summed E-state index contributed by atoms with van der Waals surface area (Å²) in [5, 5.41) is 6.41. The van der Waals surface area contributed by atoms with Gasteiger partial charge in [0.05, 0.1) is 18.3 Å². The lowest BCUT2D eigenvalue weighted by Gasteiger charge is -2.13. The lowest BCUT2D eigenvalue weighted by molar-refractivity contribution is -0.139. The van der Waals surface area contributed by atoms with Crippen LogP contribution in [0.15, 0.2) is 60.2 Å². The Kier molecular flexibility index (Phi) is 8.05. The van der Waals surface area contributed by atoms with Crippen LogP contribution in [-0.4, -0.2) is 31.7 Å². The number of nitrogens with one attached hydrogen (secondary N) is 2. The number of methoxy groups -OCH3 is 1. The SMILES string of the molecule is C=CCNC(=O)C(=O)N/N=C\c1cc(Cl)c(OCc2ccccc2)c(OC)c1. The molecule has 2 amide bonds. The van der Waals surface area contributed by atoms with Gasteiger partial charge < -0.3 is 14.8 Å². The first kappa shape index (κ1) is 21.0. The van der Waals surface area contributed by atoms with E-state index in [2.05, 4.69) is 22.4 Å². The topological polar surface area (TPSA) is 89.0 Å². The fourth-order valence-corrected chi connectivity index (χ4v) is 2.42. The summed E-state index contributed by atoms with van der Waals surface area (Å²) in [4.78, 5) is 23.0. The molecule has 8 heteroatoms. The second-order valence-corrected chi connectivity index (χ2v) is 5.91. The van der Waals surface area contributed by atoms with Gasteiger partial charge in [0, 0.05) is 6.54 Å². The minimum absolute atomic E-state index is 0.188. The standard InChI is InChI=1S/C20H20ClN3O4/c1-3-9-22-19(25)20(26)24-23-12-15-10-16(21)18(17(11-15)27-2)28-13-14-7-5-4-6-8-14/h3-8,10-12H,1,9,13H2,2H3,(H,22,25)(H,24,26)/b23-12-. The number of amides is 2. The van der Waals surface area contributed by atoms with Crippen molar-refractivity contribution in [3.63, 3.8) is 0 Å². The van der Waals surface area contributed by atoms with Gasteiger partial charge in [0.25, 0.3) is 0 Å². The van der Waals surface area contributed by atoms with Gasteiger partial charge in [-0.1, -0.05) is 48.0 Å². The second kappa shape index (κ2) is 10.7. The highest BCUT2D eigenvalue weighted by atomic mass is 35.5. The Bertz CT molecular complexity index is 869. The molecule has 2 N–H and O–H groups in total. The molecule has 2 aromatic carbocycles. The number of hydrazone groups is 1. The molecule has 28 heavy (non-hydrogen) atoms. The summed E-state index contributed by atoms with van der Waals surface area (Å²) in [6.07, 6.45) is 2.80. The van der Waals surface area contributed by atoms with E-state index < -0.39 is 11.8 Å². The summed E-state index contributed by atoms with van der Waals surface area (Å²) in [7, 11) is 1.49. The van der Waals surface area contributed by atoms with E-state index in [1.807, 2.05) is 30.3 Å². The van der Waals surface area contributed by atoms with Crippen LogP contribution in [0.3, 0.4) is 0 Å². The summed E-state index contributed by atoms with van der Waals surface area (Å²) in [6, 6.07) is 12.9. The van der Waals surface area contributed by atoms with Crippen LogP contribution in [0, 0.1) is 0 Å². The minimum atomic E-state index is -0.890. The monoisotopic (exact) mass is 401 g/mol. The lowest BCUT2D eigenvalue weighted by Crippen LogP contribution is -2.37. The van der Waals surface area contributed by atoms with Crippen LogP contribution in [0.5, 0.6) is 11.5 Å². The van der Waals surface area contributed by atoms with E-state index in [0.717, 1.165) is 5.56 Å². The molecule has 146 valence electrons. The van der Waals surface area contributed by atoms with Gasteiger partial charge in [-0.3, -0.25) is 9.59 Å². The molecule has 0 saturated heterocycles. The van der Waals surface area contributed by atoms with Gasteiger partial charge >= 0.3 is 11.8 Å². The molecular formula is C20H20ClN3O4. The molecule has 0 bridgehead atoms. The minimum Gasteiger partial charge on any atom is -0.493 e. The highest BCUT2D eigenvalue weighted by Gasteiger charge is 2.13. The van der Waals surface area contributed by atoms with Crippen molar-refractivity contribution in [1.82, 2.24) is 10.7 Å². The fourth-order valence-electron chi connectivity index (χ4n) is 2.15. The molecule has 7 nitrogen and oxygen atoms in total. The summed E-state index contributed by atoms with van der Waals surface area (Å²) in [6.45, 7) is 3.97. The first-order valence-corrected chi connectivity index (χ1v) is 8.69. The maximum Gasteiger partial charge on any atom is 0.329 e. The van der Waals surface area contributed by atoms with Crippen LogP contribution < -0.4 is 20.2 Å². The first-order chi connectivity index (χ1) is 13.5. The van der Waals surface area contributed by atoms with Gasteiger partial charge in [-0.25, -0.2) is 5.43 Å². The van der Waals surface area contributed by atoms with E-state index in [1.54, 1.807) is 12.1 Å². The smallest absolute Gasteiger partial charge is 0.329 e. The van der Waals surface area contributed by atoms with Crippen molar-refractivity contribution in [3.05, 3.63) is 71.3 Å². The van der Waals surface area contributed by atoms with Crippen LogP contribution >= 0.6 is 11.6 Å². The van der Waals surface area contributed by atoms with E-state index in [4.69, 9.17) is 21.1 Å². The summed E-state index contributed by atoms with van der Waals surface area (Å²) >= 11 is 6.30. The highest BCUT2D eigenvalue weighted by Crippen LogP contribution is 2.36. The van der Waals surface area contributed by atoms with Gasteiger partial charge in [-0.15, -0.1) is 6.58 Å². The summed E-state index contributed by atoms with van der Waals surface area (Å²) < 4.78 is 11.1. The fraction of sp³-hybridized carbons (Fsp3) is 0.150. The maximum absolute atomic E-state index is 11.6. The van der Waals surface area contributed by atoms with Crippen molar-refractivity contribution in [2.45, 2.75) is 6.61 Å². The Morgan fingerprint density at radius 2 is 1.96 bits per heavy atom. The zero-order chi connectivity index (χ0) is 20.4. The molecule has 0 aliphatic rings. The molecule has 0 unspecified atom stereocenters. The van der Waals surface area contributed by atoms with Gasteiger partial charge in [-0.2, -0.15) is 5.10 Å². The van der Waals surface area contributed by atoms with E-state index in [0.29, 0.717) is 28.7 Å². The van der Waals surface area contributed by atoms with Crippen LogP contribution in [-0.2, 0) is 16.2 Å². The number of nitrogens with zero attached hydrogens (tertiary/aromatic N) is 1. The number of ether oxygens (including phenoxy) is 2. The van der Waals surface area contributed by atoms with Crippen LogP contribution in [0.4, 0.5) is 0 Å². The molecule has 2 rings (SSSR count). The van der Waals surface area contributed by atoms with Crippen molar-refractivity contribution in [3.8, 4) is 11.5 Å². The van der Waals surface area contributed by atoms with Crippen LogP contribution in [0.25, 0.3) is 0 Å². The third kappa shape index (κ3) is 6.14. The number of carbonyl (C=O) groups excluding carboxylic acids is 2. The molecule has 0 aliphatic heterocycles. The number of hydrogen-bond acceptors (Lipinski definition) is 5. The van der Waals surface area contributed by atoms with Gasteiger partial charge in [0.2, 0.25) is 0 Å². The number of carbonyl (C=O) groups is 2. The quantitative estimate of drug-likeness (QED) is 0.308. The van der Waals surface area contributed by atoms with E-state index in [1.165, 1.54) is 19.4 Å². The van der Waals surface area contributed by atoms with Gasteiger partial charge in [0.1, 0.15) is 6.61 Å². The van der Waals surface area contributed by atoms with Crippen LogP contribution in [0.1, 0.15) is 11.1 Å². The molecular weight excluding hydrogens is 382 g/mol. The van der Waals surface area contributed by atoms with E-state index in [9.17, 15) is 9.59 Å². The van der Waals surface area contributed by atoms with E-state index in [-0.39, 0.29) is 6.54 Å². The van der Waals surface area contributed by atoms with Crippen molar-refractivity contribution in [2.24, 2.45) is 5.10 Å². The predicted octanol–water partition coefficient (Wildman–Crippen LogP) is 2.68. The molecule has 0 aromatic heterocycles. The zero-order valence-corrected chi connectivity index (χ0v) is 16.0. The van der Waals surface area contributed by atoms with Gasteiger partial charge in [0.15, 0.2) is 11.5 Å². The van der Waals surface area contributed by atoms with Crippen LogP contribution in [0.2, 0.25) is 5.02 Å². The normalized spacial score (nSPS) is 10.4.